The molecule has 2 heterocycles. The molecule has 2 aromatic rings. The molecule has 1 fully saturated rings. The van der Waals surface area contributed by atoms with Gasteiger partial charge in [0.1, 0.15) is 11.6 Å². The van der Waals surface area contributed by atoms with Gasteiger partial charge in [0.2, 0.25) is 0 Å². The fourth-order valence-corrected chi connectivity index (χ4v) is 2.63. The average molecular weight is 285 g/mol. The molecule has 0 aliphatic carbocycles. The third-order valence-corrected chi connectivity index (χ3v) is 3.72. The van der Waals surface area contributed by atoms with E-state index >= 15 is 0 Å². The van der Waals surface area contributed by atoms with E-state index in [4.69, 9.17) is 0 Å². The SMILES string of the molecule is O=Cc1cccnc1N1CCN(c2ccccc2F)CC1. The second-order valence-electron chi connectivity index (χ2n) is 4.96. The van der Waals surface area contributed by atoms with Gasteiger partial charge >= 0.3 is 0 Å². The van der Waals surface area contributed by atoms with Crippen LogP contribution in [0.5, 0.6) is 0 Å². The standard InChI is InChI=1S/C16H16FN3O/c17-14-5-1-2-6-15(14)19-8-10-20(11-9-19)16-13(12-21)4-3-7-18-16/h1-7,12H,8-11H2. The van der Waals surface area contributed by atoms with Gasteiger partial charge < -0.3 is 9.80 Å². The highest BCUT2D eigenvalue weighted by Gasteiger charge is 2.21. The van der Waals surface area contributed by atoms with E-state index in [-0.39, 0.29) is 5.82 Å². The third kappa shape index (κ3) is 2.72. The first kappa shape index (κ1) is 13.5. The molecule has 5 heteroatoms. The molecule has 0 atom stereocenters. The average Bonchev–Trinajstić information content (AvgIpc) is 2.55. The van der Waals surface area contributed by atoms with Crippen molar-refractivity contribution in [2.75, 3.05) is 36.0 Å². The minimum absolute atomic E-state index is 0.197. The van der Waals surface area contributed by atoms with Crippen molar-refractivity contribution in [1.82, 2.24) is 4.98 Å². The lowest BCUT2D eigenvalue weighted by Crippen LogP contribution is -2.47. The number of aldehydes is 1. The fourth-order valence-electron chi connectivity index (χ4n) is 2.63. The molecule has 1 aliphatic rings. The normalized spacial score (nSPS) is 15.1. The molecular weight excluding hydrogens is 269 g/mol. The van der Waals surface area contributed by atoms with Crippen molar-refractivity contribution in [3.63, 3.8) is 0 Å². The zero-order chi connectivity index (χ0) is 14.7. The highest BCUT2D eigenvalue weighted by Crippen LogP contribution is 2.23. The van der Waals surface area contributed by atoms with Gasteiger partial charge in [0.25, 0.3) is 0 Å². The summed E-state index contributed by atoms with van der Waals surface area (Å²) >= 11 is 0. The Morgan fingerprint density at radius 1 is 1.00 bits per heavy atom. The summed E-state index contributed by atoms with van der Waals surface area (Å²) in [6, 6.07) is 10.3. The first-order valence-corrected chi connectivity index (χ1v) is 6.94. The van der Waals surface area contributed by atoms with Crippen LogP contribution in [0, 0.1) is 5.82 Å². The number of halogens is 1. The van der Waals surface area contributed by atoms with Gasteiger partial charge in [-0.1, -0.05) is 12.1 Å². The van der Waals surface area contributed by atoms with Crippen molar-refractivity contribution >= 4 is 17.8 Å². The number of pyridine rings is 1. The molecule has 1 aromatic heterocycles. The minimum Gasteiger partial charge on any atom is -0.366 e. The van der Waals surface area contributed by atoms with Gasteiger partial charge in [0.15, 0.2) is 6.29 Å². The predicted molar refractivity (Wildman–Crippen MR) is 80.5 cm³/mol. The Bertz CT molecular complexity index is 639. The number of rotatable bonds is 3. The summed E-state index contributed by atoms with van der Waals surface area (Å²) < 4.78 is 13.8. The lowest BCUT2D eigenvalue weighted by Gasteiger charge is -2.37. The Morgan fingerprint density at radius 3 is 2.43 bits per heavy atom. The van der Waals surface area contributed by atoms with Gasteiger partial charge in [-0.2, -0.15) is 0 Å². The number of carbonyl (C=O) groups is 1. The maximum Gasteiger partial charge on any atom is 0.153 e. The van der Waals surface area contributed by atoms with Crippen molar-refractivity contribution in [2.45, 2.75) is 0 Å². The van der Waals surface area contributed by atoms with Crippen LogP contribution in [0.3, 0.4) is 0 Å². The Kier molecular flexibility index (Phi) is 3.81. The molecule has 4 nitrogen and oxygen atoms in total. The summed E-state index contributed by atoms with van der Waals surface area (Å²) in [4.78, 5) is 19.5. The highest BCUT2D eigenvalue weighted by molar-refractivity contribution is 5.82. The van der Waals surface area contributed by atoms with Crippen LogP contribution >= 0.6 is 0 Å². The number of nitrogens with zero attached hydrogens (tertiary/aromatic N) is 3. The zero-order valence-electron chi connectivity index (χ0n) is 11.6. The molecule has 1 saturated heterocycles. The van der Waals surface area contributed by atoms with E-state index in [1.54, 1.807) is 30.5 Å². The molecule has 0 N–H and O–H groups in total. The Morgan fingerprint density at radius 2 is 1.71 bits per heavy atom. The van der Waals surface area contributed by atoms with Crippen LogP contribution in [0.15, 0.2) is 42.6 Å². The van der Waals surface area contributed by atoms with Gasteiger partial charge in [-0.15, -0.1) is 0 Å². The second kappa shape index (κ2) is 5.91. The smallest absolute Gasteiger partial charge is 0.153 e. The molecule has 0 unspecified atom stereocenters. The number of para-hydroxylation sites is 1. The monoisotopic (exact) mass is 285 g/mol. The van der Waals surface area contributed by atoms with Gasteiger partial charge in [-0.25, -0.2) is 9.37 Å². The van der Waals surface area contributed by atoms with Crippen molar-refractivity contribution in [3.05, 3.63) is 54.0 Å². The number of anilines is 2. The molecule has 1 aliphatic heterocycles. The quantitative estimate of drug-likeness (QED) is 0.811. The first-order chi connectivity index (χ1) is 10.3. The molecule has 3 rings (SSSR count). The number of aromatic nitrogens is 1. The van der Waals surface area contributed by atoms with E-state index in [1.807, 2.05) is 11.0 Å². The summed E-state index contributed by atoms with van der Waals surface area (Å²) in [7, 11) is 0. The number of hydrogen-bond acceptors (Lipinski definition) is 4. The lowest BCUT2D eigenvalue weighted by atomic mass is 10.2. The van der Waals surface area contributed by atoms with Gasteiger partial charge in [0, 0.05) is 32.4 Å². The van der Waals surface area contributed by atoms with Crippen LogP contribution in [0.25, 0.3) is 0 Å². The van der Waals surface area contributed by atoms with Gasteiger partial charge in [-0.05, 0) is 24.3 Å². The number of piperazine rings is 1. The maximum absolute atomic E-state index is 13.8. The zero-order valence-corrected chi connectivity index (χ0v) is 11.6. The van der Waals surface area contributed by atoms with Crippen LogP contribution < -0.4 is 9.80 Å². The van der Waals surface area contributed by atoms with Crippen LogP contribution in [-0.2, 0) is 0 Å². The summed E-state index contributed by atoms with van der Waals surface area (Å²) in [5.41, 5.74) is 1.23. The van der Waals surface area contributed by atoms with Crippen LogP contribution in [0.2, 0.25) is 0 Å². The number of carbonyl (C=O) groups excluding carboxylic acids is 1. The minimum atomic E-state index is -0.197. The fraction of sp³-hybridized carbons (Fsp3) is 0.250. The Balaban J connectivity index is 1.73. The molecule has 0 saturated carbocycles. The van der Waals surface area contributed by atoms with Crippen molar-refractivity contribution in [2.24, 2.45) is 0 Å². The highest BCUT2D eigenvalue weighted by atomic mass is 19.1. The topological polar surface area (TPSA) is 36.4 Å². The summed E-state index contributed by atoms with van der Waals surface area (Å²) in [5.74, 6) is 0.512. The summed E-state index contributed by atoms with van der Waals surface area (Å²) in [6.07, 6.45) is 2.51. The summed E-state index contributed by atoms with van der Waals surface area (Å²) in [5, 5.41) is 0. The molecule has 0 radical (unpaired) electrons. The number of hydrogen-bond donors (Lipinski definition) is 0. The van der Waals surface area contributed by atoms with E-state index in [0.717, 1.165) is 6.29 Å². The maximum atomic E-state index is 13.8. The first-order valence-electron chi connectivity index (χ1n) is 6.94. The molecule has 108 valence electrons. The summed E-state index contributed by atoms with van der Waals surface area (Å²) in [6.45, 7) is 2.84. The Hall–Kier alpha value is -2.43. The van der Waals surface area contributed by atoms with Gasteiger partial charge in [-0.3, -0.25) is 4.79 Å². The van der Waals surface area contributed by atoms with E-state index < -0.39 is 0 Å². The number of benzene rings is 1. The lowest BCUT2D eigenvalue weighted by molar-refractivity contribution is 0.112. The molecule has 21 heavy (non-hydrogen) atoms. The van der Waals surface area contributed by atoms with Gasteiger partial charge in [0.05, 0.1) is 11.3 Å². The van der Waals surface area contributed by atoms with Crippen molar-refractivity contribution < 1.29 is 9.18 Å². The largest absolute Gasteiger partial charge is 0.366 e. The molecule has 0 bridgehead atoms. The van der Waals surface area contributed by atoms with Crippen molar-refractivity contribution in [3.8, 4) is 0 Å². The second-order valence-corrected chi connectivity index (χ2v) is 4.96. The van der Waals surface area contributed by atoms with Crippen LogP contribution in [0.4, 0.5) is 15.9 Å². The third-order valence-electron chi connectivity index (χ3n) is 3.72. The van der Waals surface area contributed by atoms with Crippen LogP contribution in [-0.4, -0.2) is 37.4 Å². The molecule has 0 amide bonds. The van der Waals surface area contributed by atoms with Crippen molar-refractivity contribution in [1.29, 1.82) is 0 Å². The van der Waals surface area contributed by atoms with E-state index in [0.29, 0.717) is 43.2 Å². The Labute approximate surface area is 122 Å². The van der Waals surface area contributed by atoms with E-state index in [9.17, 15) is 9.18 Å². The molecule has 0 spiro atoms. The van der Waals surface area contributed by atoms with E-state index in [1.165, 1.54) is 6.07 Å². The molecular formula is C16H16FN3O. The van der Waals surface area contributed by atoms with Crippen LogP contribution in [0.1, 0.15) is 10.4 Å². The molecule has 1 aromatic carbocycles. The van der Waals surface area contributed by atoms with E-state index in [2.05, 4.69) is 9.88 Å². The predicted octanol–water partition coefficient (Wildman–Crippen LogP) is 2.36.